The van der Waals surface area contributed by atoms with Crippen molar-refractivity contribution >= 4 is 182 Å². The van der Waals surface area contributed by atoms with Crippen LogP contribution in [0.5, 0.6) is 69.0 Å². The van der Waals surface area contributed by atoms with E-state index in [9.17, 15) is 0 Å². The van der Waals surface area contributed by atoms with Gasteiger partial charge in [0.25, 0.3) is 0 Å². The maximum atomic E-state index is 6.39. The van der Waals surface area contributed by atoms with Gasteiger partial charge < -0.3 is 45.5 Å². The molecule has 22 aromatic rings. The van der Waals surface area contributed by atoms with Gasteiger partial charge in [0, 0.05) is 83.0 Å². The van der Waals surface area contributed by atoms with Crippen molar-refractivity contribution in [2.75, 3.05) is 0 Å². The van der Waals surface area contributed by atoms with Gasteiger partial charge in [-0.25, -0.2) is 29.9 Å². The van der Waals surface area contributed by atoms with Gasteiger partial charge in [0.05, 0.1) is 34.5 Å². The van der Waals surface area contributed by atoms with E-state index in [1.165, 1.54) is 27.6 Å². The standard InChI is InChI=1S/C18H14O.6C10H9NO.2C10H8O.C10H14O.C8H10O.C6H6O.6Al/c19-18-16(14-8-3-1-4-9-14)12-7-13-17(18)15-10-5-2-6-11-15;6*1-7-5-6-8-3-2-4-9(12)10(8)11-7;11-10-7-3-5-8-4-1-2-6-9(8)10;11-10-6-5-8-3-1-2-4-9(8)7-10;1-6-5-7(2)9(4)10(11)8(6)3;1-6-4-3-5-7(2)8(6)9;7-6-4-2-1-3-5-6;;;;;;/h1-13,19H;6*2-6,12H,1H3;2*1-7,11H;5,11H,1-4H3;3-5,9H,1-2H3;1-5,7H;;;;;;/q;;;;;;;;;;;;6*+2/p-12. The molecule has 22 rings (SSSR count). The molecule has 0 saturated heterocycles. The van der Waals surface area contributed by atoms with Crippen LogP contribution in [0.3, 0.4) is 0 Å². The largest absolute Gasteiger partial charge is 0.881 e. The van der Waals surface area contributed by atoms with Crippen molar-refractivity contribution in [1.82, 2.24) is 29.9 Å². The molecule has 6 radical (unpaired) electrons. The summed E-state index contributed by atoms with van der Waals surface area (Å²) in [5, 5.41) is 11.1. The van der Waals surface area contributed by atoms with Crippen molar-refractivity contribution in [1.29, 1.82) is 0 Å². The van der Waals surface area contributed by atoms with E-state index in [1.807, 2.05) is 334 Å². The van der Waals surface area contributed by atoms with Crippen LogP contribution in [0.15, 0.2) is 400 Å². The summed E-state index contributed by atoms with van der Waals surface area (Å²) in [7, 11) is 0. The molecule has 18 nitrogen and oxygen atoms in total. The Bertz CT molecular complexity index is 8180. The van der Waals surface area contributed by atoms with Crippen LogP contribution in [0.1, 0.15) is 67.5 Å². The van der Waals surface area contributed by atoms with E-state index in [1.54, 1.807) is 0 Å². The lowest BCUT2D eigenvalue weighted by Crippen LogP contribution is -2.13. The van der Waals surface area contributed by atoms with Gasteiger partial charge in [-0.05, 0) is 247 Å². The van der Waals surface area contributed by atoms with Crippen LogP contribution in [0.25, 0.3) is 109 Å². The number of fused-ring (bicyclic) bond motifs is 8. The molecule has 16 aromatic carbocycles. The zero-order valence-corrected chi connectivity index (χ0v) is 90.1. The zero-order valence-electron chi connectivity index (χ0n) is 83.2. The number of hydrogen-bond donors (Lipinski definition) is 0. The molecular weight excluding hydrogens is 1900 g/mol. The van der Waals surface area contributed by atoms with Gasteiger partial charge in [0.1, 0.15) is 67.6 Å². The van der Waals surface area contributed by atoms with Gasteiger partial charge in [0.15, 0.2) is 0 Å². The first kappa shape index (κ1) is 103. The van der Waals surface area contributed by atoms with Crippen LogP contribution in [-0.4, -0.2) is 125 Å². The summed E-state index contributed by atoms with van der Waals surface area (Å²) in [6.07, 6.45) is 0. The van der Waals surface area contributed by atoms with Crippen molar-refractivity contribution in [3.63, 3.8) is 0 Å². The number of para-hydroxylation sites is 9. The van der Waals surface area contributed by atoms with Crippen molar-refractivity contribution in [2.24, 2.45) is 0 Å². The number of aryl methyl sites for hydroxylation is 10. The Hall–Kier alpha value is -14.7. The monoisotopic (exact) mass is 2000 g/mol. The second-order valence-electron chi connectivity index (χ2n) is 34.7. The highest BCUT2D eigenvalue weighted by atomic mass is 27.2. The molecule has 0 aliphatic carbocycles. The molecule has 6 heterocycles. The smallest absolute Gasteiger partial charge is 0.616 e. The molecule has 6 aromatic heterocycles. The molecule has 0 saturated carbocycles. The molecule has 0 N–H and O–H groups in total. The minimum atomic E-state index is -0.794. The SMILES string of the molecule is Cc1ccc2cccc([O][Al][O]c3c(-c4ccccc4)cccc3-c3ccccc3)c2n1.Cc1ccc2cccc([O][Al][O]c3c(C)c(C)cc(C)c3C)c2n1.Cc1ccc2cccc([O][Al][O]c3c(C)cccc3C)c2n1.Cc1ccc2cccc([O][Al][O]c3ccc4ccccc4c3)c2n1.Cc1ccc2cccc([O][Al][O]c3cccc4ccccc34)c2n1.Cc1ccc2cccc([O][Al][O]c3ccccc3)c2n1. The fourth-order valence-electron chi connectivity index (χ4n) is 16.4. The fraction of sp³-hybridized carbons (Fsp3) is 0.0984. The van der Waals surface area contributed by atoms with E-state index in [0.717, 1.165) is 218 Å². The maximum Gasteiger partial charge on any atom is 0.881 e. The van der Waals surface area contributed by atoms with Crippen LogP contribution >= 0.6 is 0 Å². The van der Waals surface area contributed by atoms with Gasteiger partial charge in [0.2, 0.25) is 0 Å². The molecule has 0 fully saturated rings. The lowest BCUT2D eigenvalue weighted by molar-refractivity contribution is 0.456. The molecule has 710 valence electrons. The molecule has 0 unspecified atom stereocenters. The van der Waals surface area contributed by atoms with Crippen molar-refractivity contribution < 1.29 is 45.5 Å². The summed E-state index contributed by atoms with van der Waals surface area (Å²) in [5.74, 6) is 9.84. The van der Waals surface area contributed by atoms with Crippen LogP contribution in [0.4, 0.5) is 0 Å². The molecule has 146 heavy (non-hydrogen) atoms. The van der Waals surface area contributed by atoms with Gasteiger partial charge in [-0.3, -0.25) is 0 Å². The number of benzene rings is 16. The molecule has 0 amide bonds. The van der Waals surface area contributed by atoms with E-state index < -0.39 is 95.3 Å². The summed E-state index contributed by atoms with van der Waals surface area (Å²) in [4.78, 5) is 27.5. The van der Waals surface area contributed by atoms with Gasteiger partial charge in [-0.2, -0.15) is 0 Å². The summed E-state index contributed by atoms with van der Waals surface area (Å²) < 4.78 is 71.3. The molecule has 0 spiro atoms. The average molecular weight is 2010 g/mol. The lowest BCUT2D eigenvalue weighted by Gasteiger charge is -2.18. The third-order valence-corrected chi connectivity index (χ3v) is 28.3. The van der Waals surface area contributed by atoms with E-state index in [-0.39, 0.29) is 0 Å². The Balaban J connectivity index is 0.000000121. The molecule has 0 atom stereocenters. The van der Waals surface area contributed by atoms with Crippen LogP contribution in [-0.2, 0) is 0 Å². The third-order valence-electron chi connectivity index (χ3n) is 24.1. The van der Waals surface area contributed by atoms with Crippen LogP contribution in [0.2, 0.25) is 0 Å². The summed E-state index contributed by atoms with van der Waals surface area (Å²) >= 11 is -4.02. The zero-order chi connectivity index (χ0) is 101. The Morgan fingerprint density at radius 3 is 0.815 bits per heavy atom. The Kier molecular flexibility index (Phi) is 35.7. The molecular formula is C122H102Al6N6O12. The Labute approximate surface area is 891 Å². The van der Waals surface area contributed by atoms with E-state index in [2.05, 4.69) is 179 Å². The number of pyridine rings is 6. The fourth-order valence-corrected chi connectivity index (χ4v) is 20.5. The van der Waals surface area contributed by atoms with Crippen LogP contribution < -0.4 is 45.5 Å². The minimum Gasteiger partial charge on any atom is -0.616 e. The van der Waals surface area contributed by atoms with Crippen molar-refractivity contribution in [2.45, 2.75) is 83.1 Å². The lowest BCUT2D eigenvalue weighted by atomic mass is 9.97. The first-order chi connectivity index (χ1) is 71.3. The minimum absolute atomic E-state index is 0.609. The normalized spacial score (nSPS) is 10.6. The topological polar surface area (TPSA) is 188 Å². The number of nitrogens with zero attached hydrogens (tertiary/aromatic N) is 6. The van der Waals surface area contributed by atoms with Crippen molar-refractivity contribution in [3.8, 4) is 91.2 Å². The highest BCUT2D eigenvalue weighted by Crippen LogP contribution is 2.41. The molecule has 0 aliphatic heterocycles. The molecule has 24 heteroatoms. The van der Waals surface area contributed by atoms with Crippen molar-refractivity contribution in [3.05, 3.63) is 468 Å². The third kappa shape index (κ3) is 27.1. The Morgan fingerprint density at radius 2 is 0.432 bits per heavy atom. The van der Waals surface area contributed by atoms with Gasteiger partial charge in [-0.15, -0.1) is 0 Å². The number of aromatic nitrogens is 6. The Morgan fingerprint density at radius 1 is 0.164 bits per heavy atom. The second-order valence-corrected chi connectivity index (χ2v) is 38.7. The van der Waals surface area contributed by atoms with E-state index >= 15 is 0 Å². The summed E-state index contributed by atoms with van der Waals surface area (Å²) in [6, 6.07) is 134. The predicted molar refractivity (Wildman–Crippen MR) is 594 cm³/mol. The average Bonchev–Trinajstić information content (AvgIpc) is 0.800. The number of rotatable bonds is 26. The van der Waals surface area contributed by atoms with E-state index in [4.69, 9.17) is 45.5 Å². The second kappa shape index (κ2) is 50.7. The summed E-state index contributed by atoms with van der Waals surface area (Å²) in [6.45, 7) is 24.4. The molecule has 0 aliphatic rings. The maximum absolute atomic E-state index is 6.39. The summed E-state index contributed by atoms with van der Waals surface area (Å²) in [5.41, 5.74) is 22.6. The van der Waals surface area contributed by atoms with Crippen LogP contribution in [0, 0.1) is 83.1 Å². The highest BCUT2D eigenvalue weighted by molar-refractivity contribution is 6.24. The van der Waals surface area contributed by atoms with Gasteiger partial charge >= 0.3 is 95.3 Å². The van der Waals surface area contributed by atoms with E-state index in [0.29, 0.717) is 0 Å². The highest BCUT2D eigenvalue weighted by Gasteiger charge is 2.22. The predicted octanol–water partition coefficient (Wildman–Crippen LogP) is 28.7. The van der Waals surface area contributed by atoms with Gasteiger partial charge in [-0.1, -0.05) is 297 Å². The quantitative estimate of drug-likeness (QED) is 0.0465. The number of hydrogen-bond acceptors (Lipinski definition) is 18. The first-order valence-electron chi connectivity index (χ1n) is 47.8. The first-order valence-corrected chi connectivity index (χ1v) is 53.5. The molecule has 0 bridgehead atoms.